The summed E-state index contributed by atoms with van der Waals surface area (Å²) in [7, 11) is 0. The van der Waals surface area contributed by atoms with Crippen LogP contribution in [0.25, 0.3) is 0 Å². The Labute approximate surface area is 104 Å². The third kappa shape index (κ3) is 3.48. The summed E-state index contributed by atoms with van der Waals surface area (Å²) in [6.07, 6.45) is 2.16. The second-order valence-corrected chi connectivity index (χ2v) is 3.44. The Bertz CT molecular complexity index is 347. The Hall–Kier alpha value is -1.51. The molecule has 1 atom stereocenters. The van der Waals surface area contributed by atoms with Gasteiger partial charge in [-0.05, 0) is 0 Å². The number of aldehydes is 1. The molecule has 7 nitrogen and oxygen atoms in total. The van der Waals surface area contributed by atoms with Crippen LogP contribution in [-0.4, -0.2) is 30.0 Å². The van der Waals surface area contributed by atoms with Crippen molar-refractivity contribution in [2.24, 2.45) is 5.73 Å². The number of thiol groups is 1. The van der Waals surface area contributed by atoms with E-state index in [1.807, 2.05) is 0 Å². The summed E-state index contributed by atoms with van der Waals surface area (Å²) < 4.78 is 4.74. The molecule has 0 aliphatic carbocycles. The van der Waals surface area contributed by atoms with Crippen LogP contribution in [0.4, 0.5) is 0 Å². The maximum Gasteiger partial charge on any atom is 0.345 e. The molecular formula is C9H12N3O4S. The molecule has 0 unspecified atom stereocenters. The van der Waals surface area contributed by atoms with E-state index in [1.54, 1.807) is 0 Å². The van der Waals surface area contributed by atoms with Crippen molar-refractivity contribution in [1.29, 1.82) is 0 Å². The number of nitrogens with zero attached hydrogens (tertiary/aromatic N) is 1. The molecule has 1 aliphatic rings. The first kappa shape index (κ1) is 13.6. The molecule has 93 valence electrons. The fraction of sp³-hybridized carbons (Fsp3) is 0.222. The van der Waals surface area contributed by atoms with E-state index in [4.69, 9.17) is 15.3 Å². The molecule has 0 aromatic rings. The summed E-state index contributed by atoms with van der Waals surface area (Å²) >= 11 is 3.86. The molecule has 8 heteroatoms. The summed E-state index contributed by atoms with van der Waals surface area (Å²) in [5.41, 5.74) is 7.91. The van der Waals surface area contributed by atoms with E-state index in [2.05, 4.69) is 24.8 Å². The standard InChI is InChI=1S/C9H12N3O4S/c1-2-3-15-9(14)8(10)12-4-6(16-11-12)7(17)5-13/h2,4-5,8,11,17H,1,3,10H2/t8-/m1/s1. The van der Waals surface area contributed by atoms with Gasteiger partial charge in [0.1, 0.15) is 12.9 Å². The van der Waals surface area contributed by atoms with E-state index in [9.17, 15) is 9.59 Å². The van der Waals surface area contributed by atoms with Crippen LogP contribution in [0.2, 0.25) is 0 Å². The maximum atomic E-state index is 11.4. The van der Waals surface area contributed by atoms with Crippen LogP contribution in [0.15, 0.2) is 24.6 Å². The number of nitrogens with one attached hydrogen (secondary N) is 1. The largest absolute Gasteiger partial charge is 0.459 e. The molecule has 3 N–H and O–H groups in total. The molecule has 0 bridgehead atoms. The van der Waals surface area contributed by atoms with Crippen molar-refractivity contribution in [3.8, 4) is 0 Å². The first-order valence-electron chi connectivity index (χ1n) is 4.57. The normalized spacial score (nSPS) is 16.2. The van der Waals surface area contributed by atoms with Gasteiger partial charge in [-0.2, -0.15) is 12.6 Å². The van der Waals surface area contributed by atoms with E-state index >= 15 is 0 Å². The number of nitrogens with two attached hydrogens (primary N) is 1. The fourth-order valence-electron chi connectivity index (χ4n) is 0.934. The van der Waals surface area contributed by atoms with Gasteiger partial charge in [0.05, 0.1) is 6.20 Å². The van der Waals surface area contributed by atoms with Crippen LogP contribution < -0.4 is 11.3 Å². The lowest BCUT2D eigenvalue weighted by Crippen LogP contribution is -2.49. The molecule has 0 amide bonds. The average molecular weight is 258 g/mol. The molecule has 0 saturated heterocycles. The van der Waals surface area contributed by atoms with Crippen LogP contribution in [0, 0.1) is 5.25 Å². The second kappa shape index (κ2) is 6.28. The molecule has 0 saturated carbocycles. The third-order valence-corrected chi connectivity index (χ3v) is 2.09. The zero-order chi connectivity index (χ0) is 12.8. The summed E-state index contributed by atoms with van der Waals surface area (Å²) in [6, 6.07) is 0. The first-order chi connectivity index (χ1) is 8.10. The van der Waals surface area contributed by atoms with Gasteiger partial charge in [-0.15, -0.1) is 0 Å². The molecule has 0 fully saturated rings. The number of ether oxygens (including phenoxy) is 1. The molecule has 1 radical (unpaired) electrons. The summed E-state index contributed by atoms with van der Waals surface area (Å²) in [5, 5.41) is 1.23. The molecule has 1 rings (SSSR count). The highest BCUT2D eigenvalue weighted by Gasteiger charge is 2.28. The van der Waals surface area contributed by atoms with Crippen molar-refractivity contribution >= 4 is 24.9 Å². The number of hydrogen-bond donors (Lipinski definition) is 3. The zero-order valence-electron chi connectivity index (χ0n) is 8.83. The highest BCUT2D eigenvalue weighted by molar-refractivity contribution is 7.84. The Kier molecular flexibility index (Phi) is 5.01. The number of hydrogen-bond acceptors (Lipinski definition) is 8. The molecule has 0 spiro atoms. The van der Waals surface area contributed by atoms with E-state index in [1.165, 1.54) is 12.3 Å². The van der Waals surface area contributed by atoms with Gasteiger partial charge in [-0.1, -0.05) is 18.2 Å². The van der Waals surface area contributed by atoms with Crippen LogP contribution in [0.3, 0.4) is 0 Å². The smallest absolute Gasteiger partial charge is 0.345 e. The number of carbonyl (C=O) groups excluding carboxylic acids is 2. The monoisotopic (exact) mass is 258 g/mol. The zero-order valence-corrected chi connectivity index (χ0v) is 9.72. The van der Waals surface area contributed by atoms with Gasteiger partial charge < -0.3 is 20.1 Å². The topological polar surface area (TPSA) is 93.9 Å². The van der Waals surface area contributed by atoms with E-state index < -0.39 is 12.1 Å². The summed E-state index contributed by atoms with van der Waals surface area (Å²) in [4.78, 5) is 26.7. The number of rotatable bonds is 6. The minimum atomic E-state index is -1.10. The van der Waals surface area contributed by atoms with Gasteiger partial charge in [0.25, 0.3) is 0 Å². The van der Waals surface area contributed by atoms with Gasteiger partial charge >= 0.3 is 5.97 Å². The third-order valence-electron chi connectivity index (χ3n) is 1.77. The predicted octanol–water partition coefficient (Wildman–Crippen LogP) is -0.746. The van der Waals surface area contributed by atoms with Crippen molar-refractivity contribution in [3.63, 3.8) is 0 Å². The Morgan fingerprint density at radius 3 is 3.12 bits per heavy atom. The molecule has 17 heavy (non-hydrogen) atoms. The number of esters is 1. The first-order valence-corrected chi connectivity index (χ1v) is 5.02. The number of carbonyl (C=O) groups is 2. The molecule has 0 aromatic carbocycles. The minimum absolute atomic E-state index is 0.0656. The number of hydrazine groups is 1. The van der Waals surface area contributed by atoms with Crippen LogP contribution in [0.1, 0.15) is 0 Å². The van der Waals surface area contributed by atoms with Gasteiger partial charge in [0.15, 0.2) is 17.2 Å². The van der Waals surface area contributed by atoms with Crippen molar-refractivity contribution < 1.29 is 19.2 Å². The van der Waals surface area contributed by atoms with Crippen LogP contribution >= 0.6 is 12.6 Å². The van der Waals surface area contributed by atoms with Crippen LogP contribution in [0.5, 0.6) is 0 Å². The Morgan fingerprint density at radius 2 is 2.53 bits per heavy atom. The lowest BCUT2D eigenvalue weighted by atomic mass is 10.4. The van der Waals surface area contributed by atoms with Gasteiger partial charge in [0.2, 0.25) is 0 Å². The average Bonchev–Trinajstić information content (AvgIpc) is 2.83. The predicted molar refractivity (Wildman–Crippen MR) is 61.6 cm³/mol. The minimum Gasteiger partial charge on any atom is -0.459 e. The second-order valence-electron chi connectivity index (χ2n) is 2.96. The summed E-state index contributed by atoms with van der Waals surface area (Å²) in [5.74, 6) is -0.499. The lowest BCUT2D eigenvalue weighted by Gasteiger charge is -2.19. The molecule has 1 heterocycles. The molecule has 0 aromatic heterocycles. The van der Waals surface area contributed by atoms with E-state index in [0.29, 0.717) is 6.29 Å². The van der Waals surface area contributed by atoms with Gasteiger partial charge in [0, 0.05) is 0 Å². The van der Waals surface area contributed by atoms with Crippen LogP contribution in [-0.2, 0) is 19.2 Å². The van der Waals surface area contributed by atoms with E-state index in [-0.39, 0.29) is 17.6 Å². The van der Waals surface area contributed by atoms with Crippen molar-refractivity contribution in [2.75, 3.05) is 6.61 Å². The molecular weight excluding hydrogens is 246 g/mol. The maximum absolute atomic E-state index is 11.4. The highest BCUT2D eigenvalue weighted by atomic mass is 32.1. The summed E-state index contributed by atoms with van der Waals surface area (Å²) in [6.45, 7) is 3.47. The van der Waals surface area contributed by atoms with Crippen molar-refractivity contribution in [1.82, 2.24) is 10.6 Å². The lowest BCUT2D eigenvalue weighted by molar-refractivity contribution is -0.151. The SMILES string of the molecule is C=CCOC(=O)[C@H](N)N1C=C([C](S)C=O)ON1. The van der Waals surface area contributed by atoms with Gasteiger partial charge in [-0.3, -0.25) is 5.01 Å². The van der Waals surface area contributed by atoms with Gasteiger partial charge in [-0.25, -0.2) is 4.79 Å². The highest BCUT2D eigenvalue weighted by Crippen LogP contribution is 2.20. The van der Waals surface area contributed by atoms with Crippen molar-refractivity contribution in [2.45, 2.75) is 6.17 Å². The fourth-order valence-corrected chi connectivity index (χ4v) is 1.04. The molecule has 1 aliphatic heterocycles. The van der Waals surface area contributed by atoms with E-state index in [0.717, 1.165) is 5.01 Å². The van der Waals surface area contributed by atoms with Crippen molar-refractivity contribution in [3.05, 3.63) is 29.9 Å². The Morgan fingerprint density at radius 1 is 1.82 bits per heavy atom. The Balaban J connectivity index is 2.57. The quantitative estimate of drug-likeness (QED) is 0.250.